The van der Waals surface area contributed by atoms with Gasteiger partial charge in [0.25, 0.3) is 5.91 Å². The molecule has 1 heterocycles. The number of carbonyl (C=O) groups is 3. The van der Waals surface area contributed by atoms with Crippen molar-refractivity contribution in [2.45, 2.75) is 20.4 Å². The van der Waals surface area contributed by atoms with Gasteiger partial charge >= 0.3 is 5.97 Å². The van der Waals surface area contributed by atoms with E-state index in [1.807, 2.05) is 68.4 Å². The maximum absolute atomic E-state index is 13.0. The summed E-state index contributed by atoms with van der Waals surface area (Å²) in [5.74, 6) is -0.787. The first-order valence-electron chi connectivity index (χ1n) is 10.6. The highest BCUT2D eigenvalue weighted by atomic mass is 32.1. The van der Waals surface area contributed by atoms with Gasteiger partial charge in [-0.15, -0.1) is 11.3 Å². The quantitative estimate of drug-likeness (QED) is 0.340. The van der Waals surface area contributed by atoms with Gasteiger partial charge in [-0.2, -0.15) is 0 Å². The van der Waals surface area contributed by atoms with Crippen molar-refractivity contribution >= 4 is 34.1 Å². The zero-order chi connectivity index (χ0) is 24.5. The highest BCUT2D eigenvalue weighted by Gasteiger charge is 2.23. The van der Waals surface area contributed by atoms with E-state index in [-0.39, 0.29) is 18.0 Å². The monoisotopic (exact) mass is 478 g/mol. The molecule has 0 spiro atoms. The summed E-state index contributed by atoms with van der Waals surface area (Å²) in [4.78, 5) is 37.6. The Morgan fingerprint density at radius 3 is 2.50 bits per heavy atom. The van der Waals surface area contributed by atoms with Crippen LogP contribution in [0.3, 0.4) is 0 Å². The molecule has 176 valence electrons. The normalized spacial score (nSPS) is 10.2. The largest absolute Gasteiger partial charge is 0.497 e. The predicted molar refractivity (Wildman–Crippen MR) is 133 cm³/mol. The number of allylic oxidation sites excluding steroid dienone is 1. The zero-order valence-electron chi connectivity index (χ0n) is 19.2. The molecule has 8 heteroatoms. The predicted octanol–water partition coefficient (Wildman–Crippen LogP) is 4.80. The molecule has 0 saturated carbocycles. The van der Waals surface area contributed by atoms with E-state index in [0.717, 1.165) is 16.7 Å². The summed E-state index contributed by atoms with van der Waals surface area (Å²) in [6.07, 6.45) is 1.45. The maximum Gasteiger partial charge on any atom is 0.342 e. The van der Waals surface area contributed by atoms with E-state index < -0.39 is 18.5 Å². The van der Waals surface area contributed by atoms with Crippen LogP contribution in [-0.2, 0) is 20.9 Å². The fourth-order valence-electron chi connectivity index (χ4n) is 3.13. The van der Waals surface area contributed by atoms with Crippen molar-refractivity contribution in [2.24, 2.45) is 0 Å². The highest BCUT2D eigenvalue weighted by molar-refractivity contribution is 7.15. The number of rotatable bonds is 9. The molecule has 0 bridgehead atoms. The van der Waals surface area contributed by atoms with Crippen molar-refractivity contribution in [1.29, 1.82) is 0 Å². The lowest BCUT2D eigenvalue weighted by atomic mass is 10.0. The number of amides is 2. The first-order valence-corrected chi connectivity index (χ1v) is 11.4. The Kier molecular flexibility index (Phi) is 8.59. The van der Waals surface area contributed by atoms with E-state index in [4.69, 9.17) is 9.47 Å². The first-order chi connectivity index (χ1) is 16.4. The SMILES string of the molecule is COc1cccc(CNC(=O)COC(=O)c2c(-c3ccccc3)csc2NC(=O)C=C(C)C)c1. The lowest BCUT2D eigenvalue weighted by Crippen LogP contribution is -2.28. The number of methoxy groups -OCH3 is 1. The second-order valence-corrected chi connectivity index (χ2v) is 8.51. The zero-order valence-corrected chi connectivity index (χ0v) is 20.0. The van der Waals surface area contributed by atoms with Crippen LogP contribution in [0.1, 0.15) is 29.8 Å². The van der Waals surface area contributed by atoms with Gasteiger partial charge in [0.2, 0.25) is 5.91 Å². The molecule has 7 nitrogen and oxygen atoms in total. The van der Waals surface area contributed by atoms with Gasteiger partial charge in [-0.3, -0.25) is 9.59 Å². The Bertz CT molecular complexity index is 1200. The molecule has 0 radical (unpaired) electrons. The van der Waals surface area contributed by atoms with E-state index in [9.17, 15) is 14.4 Å². The van der Waals surface area contributed by atoms with Gasteiger partial charge < -0.3 is 20.1 Å². The molecule has 0 aliphatic carbocycles. The van der Waals surface area contributed by atoms with Gasteiger partial charge in [-0.25, -0.2) is 4.79 Å². The molecule has 3 rings (SSSR count). The van der Waals surface area contributed by atoms with E-state index in [2.05, 4.69) is 10.6 Å². The van der Waals surface area contributed by atoms with Crippen LogP contribution < -0.4 is 15.4 Å². The van der Waals surface area contributed by atoms with Gasteiger partial charge in [0.15, 0.2) is 6.61 Å². The molecule has 0 atom stereocenters. The third kappa shape index (κ3) is 6.79. The molecule has 1 aromatic heterocycles. The third-order valence-corrected chi connectivity index (χ3v) is 5.59. The summed E-state index contributed by atoms with van der Waals surface area (Å²) in [6.45, 7) is 3.44. The lowest BCUT2D eigenvalue weighted by molar-refractivity contribution is -0.124. The number of nitrogens with one attached hydrogen (secondary N) is 2. The fourth-order valence-corrected chi connectivity index (χ4v) is 4.09. The van der Waals surface area contributed by atoms with Crippen molar-refractivity contribution in [3.8, 4) is 16.9 Å². The van der Waals surface area contributed by atoms with Gasteiger partial charge in [0.05, 0.1) is 7.11 Å². The van der Waals surface area contributed by atoms with Crippen molar-refractivity contribution in [1.82, 2.24) is 5.32 Å². The minimum Gasteiger partial charge on any atom is -0.497 e. The third-order valence-electron chi connectivity index (χ3n) is 4.69. The number of benzene rings is 2. The molecule has 0 aliphatic heterocycles. The number of ether oxygens (including phenoxy) is 2. The molecule has 2 amide bonds. The van der Waals surface area contributed by atoms with Crippen molar-refractivity contribution in [3.63, 3.8) is 0 Å². The van der Waals surface area contributed by atoms with E-state index in [0.29, 0.717) is 16.3 Å². The highest BCUT2D eigenvalue weighted by Crippen LogP contribution is 2.36. The molecule has 0 aliphatic rings. The second-order valence-electron chi connectivity index (χ2n) is 7.63. The average Bonchev–Trinajstić information content (AvgIpc) is 3.24. The molecular formula is C26H26N2O5S. The number of thiophene rings is 1. The van der Waals surface area contributed by atoms with Gasteiger partial charge in [-0.1, -0.05) is 48.0 Å². The van der Waals surface area contributed by atoms with Gasteiger partial charge in [-0.05, 0) is 37.1 Å². The van der Waals surface area contributed by atoms with E-state index in [1.165, 1.54) is 17.4 Å². The fraction of sp³-hybridized carbons (Fsp3) is 0.192. The van der Waals surface area contributed by atoms with Crippen LogP contribution in [0, 0.1) is 0 Å². The number of esters is 1. The Balaban J connectivity index is 1.71. The Hall–Kier alpha value is -3.91. The summed E-state index contributed by atoms with van der Waals surface area (Å²) in [7, 11) is 1.57. The molecule has 3 aromatic rings. The molecule has 0 unspecified atom stereocenters. The summed E-state index contributed by atoms with van der Waals surface area (Å²) in [6, 6.07) is 16.6. The van der Waals surface area contributed by atoms with Crippen molar-refractivity contribution < 1.29 is 23.9 Å². The molecular weight excluding hydrogens is 452 g/mol. The molecule has 2 aromatic carbocycles. The maximum atomic E-state index is 13.0. The minimum atomic E-state index is -0.691. The number of hydrogen-bond donors (Lipinski definition) is 2. The van der Waals surface area contributed by atoms with Crippen LogP contribution in [0.2, 0.25) is 0 Å². The molecule has 0 saturated heterocycles. The summed E-state index contributed by atoms with van der Waals surface area (Å²) in [5, 5.41) is 7.62. The Morgan fingerprint density at radius 1 is 1.03 bits per heavy atom. The van der Waals surface area contributed by atoms with Crippen LogP contribution in [0.25, 0.3) is 11.1 Å². The smallest absolute Gasteiger partial charge is 0.342 e. The Labute approximate surface area is 202 Å². The standard InChI is InChI=1S/C26H26N2O5S/c1-17(2)12-22(29)28-25-24(21(16-34-25)19-9-5-4-6-10-19)26(31)33-15-23(30)27-14-18-8-7-11-20(13-18)32-3/h4-13,16H,14-15H2,1-3H3,(H,27,30)(H,28,29). The summed E-state index contributed by atoms with van der Waals surface area (Å²) >= 11 is 1.23. The average molecular weight is 479 g/mol. The van der Waals surface area contributed by atoms with Crippen molar-refractivity contribution in [2.75, 3.05) is 19.0 Å². The van der Waals surface area contributed by atoms with Crippen LogP contribution >= 0.6 is 11.3 Å². The molecule has 2 N–H and O–H groups in total. The molecule has 34 heavy (non-hydrogen) atoms. The van der Waals surface area contributed by atoms with Crippen LogP contribution in [-0.4, -0.2) is 31.5 Å². The lowest BCUT2D eigenvalue weighted by Gasteiger charge is -2.10. The number of hydrogen-bond acceptors (Lipinski definition) is 6. The van der Waals surface area contributed by atoms with E-state index in [1.54, 1.807) is 12.5 Å². The minimum absolute atomic E-state index is 0.215. The summed E-state index contributed by atoms with van der Waals surface area (Å²) in [5.41, 5.74) is 3.32. The van der Waals surface area contributed by atoms with Crippen LogP contribution in [0.5, 0.6) is 5.75 Å². The summed E-state index contributed by atoms with van der Waals surface area (Å²) < 4.78 is 10.5. The Morgan fingerprint density at radius 2 is 1.79 bits per heavy atom. The number of anilines is 1. The second kappa shape index (κ2) is 11.8. The van der Waals surface area contributed by atoms with Crippen LogP contribution in [0.4, 0.5) is 5.00 Å². The van der Waals surface area contributed by atoms with Gasteiger partial charge in [0, 0.05) is 23.6 Å². The van der Waals surface area contributed by atoms with Crippen LogP contribution in [0.15, 0.2) is 71.6 Å². The molecule has 0 fully saturated rings. The van der Waals surface area contributed by atoms with E-state index >= 15 is 0 Å². The number of carbonyl (C=O) groups excluding carboxylic acids is 3. The van der Waals surface area contributed by atoms with Crippen molar-refractivity contribution in [3.05, 3.63) is 82.8 Å². The van der Waals surface area contributed by atoms with Gasteiger partial charge in [0.1, 0.15) is 16.3 Å². The first kappa shape index (κ1) is 24.7. The topological polar surface area (TPSA) is 93.7 Å².